The molecule has 0 fully saturated rings. The Labute approximate surface area is 79.5 Å². The molecule has 7 heteroatoms. The molecule has 0 spiro atoms. The SMILES string of the molecule is N[C@@H](CSCCNC(=O)O)C(=O)O. The lowest BCUT2D eigenvalue weighted by Crippen LogP contribution is -2.33. The van der Waals surface area contributed by atoms with Crippen LogP contribution in [0.15, 0.2) is 0 Å². The van der Waals surface area contributed by atoms with Crippen molar-refractivity contribution in [1.29, 1.82) is 0 Å². The summed E-state index contributed by atoms with van der Waals surface area (Å²) in [5.41, 5.74) is 5.20. The van der Waals surface area contributed by atoms with E-state index >= 15 is 0 Å². The van der Waals surface area contributed by atoms with Gasteiger partial charge in [-0.15, -0.1) is 0 Å². The predicted octanol–water partition coefficient (Wildman–Crippen LogP) is -0.601. The predicted molar refractivity (Wildman–Crippen MR) is 49.0 cm³/mol. The fourth-order valence-corrected chi connectivity index (χ4v) is 1.32. The van der Waals surface area contributed by atoms with E-state index in [1.54, 1.807) is 0 Å². The fourth-order valence-electron chi connectivity index (χ4n) is 0.512. The number of rotatable bonds is 6. The monoisotopic (exact) mass is 208 g/mol. The Hall–Kier alpha value is -0.950. The van der Waals surface area contributed by atoms with Gasteiger partial charge in [-0.05, 0) is 0 Å². The van der Waals surface area contributed by atoms with Gasteiger partial charge in [-0.2, -0.15) is 11.8 Å². The van der Waals surface area contributed by atoms with Crippen molar-refractivity contribution < 1.29 is 19.8 Å². The zero-order chi connectivity index (χ0) is 10.3. The van der Waals surface area contributed by atoms with Gasteiger partial charge >= 0.3 is 12.1 Å². The van der Waals surface area contributed by atoms with Crippen LogP contribution in [0.5, 0.6) is 0 Å². The maximum Gasteiger partial charge on any atom is 0.404 e. The summed E-state index contributed by atoms with van der Waals surface area (Å²) in [6.07, 6.45) is -1.08. The Morgan fingerprint density at radius 3 is 2.54 bits per heavy atom. The van der Waals surface area contributed by atoms with Gasteiger partial charge in [-0.3, -0.25) is 4.79 Å². The molecule has 6 nitrogen and oxygen atoms in total. The van der Waals surface area contributed by atoms with E-state index in [0.29, 0.717) is 12.3 Å². The molecule has 0 saturated carbocycles. The van der Waals surface area contributed by atoms with Crippen LogP contribution in [-0.4, -0.2) is 46.4 Å². The number of hydrogen-bond acceptors (Lipinski definition) is 4. The molecule has 5 N–H and O–H groups in total. The molecule has 0 aromatic heterocycles. The Kier molecular flexibility index (Phi) is 6.07. The van der Waals surface area contributed by atoms with Crippen molar-refractivity contribution in [2.45, 2.75) is 6.04 Å². The molecule has 0 radical (unpaired) electrons. The van der Waals surface area contributed by atoms with E-state index in [9.17, 15) is 9.59 Å². The van der Waals surface area contributed by atoms with Crippen molar-refractivity contribution in [3.05, 3.63) is 0 Å². The normalized spacial score (nSPS) is 12.1. The maximum absolute atomic E-state index is 10.2. The minimum Gasteiger partial charge on any atom is -0.480 e. The van der Waals surface area contributed by atoms with Crippen LogP contribution < -0.4 is 11.1 Å². The second-order valence-corrected chi connectivity index (χ2v) is 3.40. The van der Waals surface area contributed by atoms with Crippen LogP contribution in [0.2, 0.25) is 0 Å². The molecule has 0 aliphatic rings. The van der Waals surface area contributed by atoms with Gasteiger partial charge in [0.05, 0.1) is 0 Å². The van der Waals surface area contributed by atoms with Crippen LogP contribution in [0, 0.1) is 0 Å². The second kappa shape index (κ2) is 6.55. The molecule has 13 heavy (non-hydrogen) atoms. The first-order valence-corrected chi connectivity index (χ1v) is 4.72. The van der Waals surface area contributed by atoms with Crippen LogP contribution in [0.1, 0.15) is 0 Å². The van der Waals surface area contributed by atoms with E-state index in [-0.39, 0.29) is 5.75 Å². The molecular weight excluding hydrogens is 196 g/mol. The van der Waals surface area contributed by atoms with Crippen molar-refractivity contribution in [2.24, 2.45) is 5.73 Å². The summed E-state index contributed by atoms with van der Waals surface area (Å²) >= 11 is 1.30. The van der Waals surface area contributed by atoms with Gasteiger partial charge in [0.1, 0.15) is 6.04 Å². The molecule has 1 amide bonds. The number of hydrogen-bond donors (Lipinski definition) is 4. The zero-order valence-corrected chi connectivity index (χ0v) is 7.71. The average Bonchev–Trinajstić information content (AvgIpc) is 2.02. The number of amides is 1. The molecule has 0 aliphatic carbocycles. The first-order valence-electron chi connectivity index (χ1n) is 3.57. The molecule has 0 unspecified atom stereocenters. The van der Waals surface area contributed by atoms with Crippen molar-refractivity contribution >= 4 is 23.8 Å². The standard InChI is InChI=1S/C6H12N2O4S/c7-4(5(9)10)3-13-2-1-8-6(11)12/h4,8H,1-3,7H2,(H,9,10)(H,11,12)/t4-/m0/s1. The van der Waals surface area contributed by atoms with Crippen LogP contribution in [0.4, 0.5) is 4.79 Å². The lowest BCUT2D eigenvalue weighted by Gasteiger charge is -2.05. The molecule has 0 bridgehead atoms. The quantitative estimate of drug-likeness (QED) is 0.433. The lowest BCUT2D eigenvalue weighted by atomic mass is 10.4. The summed E-state index contributed by atoms with van der Waals surface area (Å²) in [5, 5.41) is 18.7. The van der Waals surface area contributed by atoms with Crippen molar-refractivity contribution in [2.75, 3.05) is 18.1 Å². The van der Waals surface area contributed by atoms with Gasteiger partial charge in [0.25, 0.3) is 0 Å². The van der Waals surface area contributed by atoms with Gasteiger partial charge < -0.3 is 21.3 Å². The number of carbonyl (C=O) groups is 2. The van der Waals surface area contributed by atoms with Crippen LogP contribution in [-0.2, 0) is 4.79 Å². The van der Waals surface area contributed by atoms with Crippen LogP contribution in [0.3, 0.4) is 0 Å². The van der Waals surface area contributed by atoms with Crippen molar-refractivity contribution in [3.63, 3.8) is 0 Å². The largest absolute Gasteiger partial charge is 0.480 e. The third-order valence-electron chi connectivity index (χ3n) is 1.14. The number of nitrogens with one attached hydrogen (secondary N) is 1. The minimum absolute atomic E-state index is 0.288. The van der Waals surface area contributed by atoms with Crippen LogP contribution in [0.25, 0.3) is 0 Å². The summed E-state index contributed by atoms with van der Waals surface area (Å²) < 4.78 is 0. The van der Waals surface area contributed by atoms with Gasteiger partial charge in [-0.25, -0.2) is 4.79 Å². The highest BCUT2D eigenvalue weighted by Gasteiger charge is 2.10. The minimum atomic E-state index is -1.08. The highest BCUT2D eigenvalue weighted by Crippen LogP contribution is 2.00. The van der Waals surface area contributed by atoms with E-state index in [4.69, 9.17) is 15.9 Å². The van der Waals surface area contributed by atoms with E-state index in [1.165, 1.54) is 11.8 Å². The molecular formula is C6H12N2O4S. The molecule has 0 heterocycles. The molecule has 0 saturated heterocycles. The van der Waals surface area contributed by atoms with E-state index in [2.05, 4.69) is 5.32 Å². The summed E-state index contributed by atoms with van der Waals surface area (Å²) in [7, 11) is 0. The van der Waals surface area contributed by atoms with Crippen LogP contribution >= 0.6 is 11.8 Å². The Morgan fingerprint density at radius 1 is 1.46 bits per heavy atom. The highest BCUT2D eigenvalue weighted by atomic mass is 32.2. The van der Waals surface area contributed by atoms with Gasteiger partial charge in [-0.1, -0.05) is 0 Å². The number of aliphatic carboxylic acids is 1. The topological polar surface area (TPSA) is 113 Å². The van der Waals surface area contributed by atoms with E-state index in [0.717, 1.165) is 0 Å². The Balaban J connectivity index is 3.26. The summed E-state index contributed by atoms with van der Waals surface area (Å²) in [5.74, 6) is -0.233. The Morgan fingerprint density at radius 2 is 2.08 bits per heavy atom. The second-order valence-electron chi connectivity index (χ2n) is 2.25. The fraction of sp³-hybridized carbons (Fsp3) is 0.667. The average molecular weight is 208 g/mol. The van der Waals surface area contributed by atoms with Crippen molar-refractivity contribution in [1.82, 2.24) is 5.32 Å². The molecule has 0 aliphatic heterocycles. The molecule has 76 valence electrons. The number of thioether (sulfide) groups is 1. The third kappa shape index (κ3) is 7.41. The smallest absolute Gasteiger partial charge is 0.404 e. The zero-order valence-electron chi connectivity index (χ0n) is 6.90. The van der Waals surface area contributed by atoms with Gasteiger partial charge in [0.15, 0.2) is 0 Å². The molecule has 0 aromatic carbocycles. The summed E-state index contributed by atoms with van der Waals surface area (Å²) in [6.45, 7) is 0.298. The molecule has 1 atom stereocenters. The first-order chi connectivity index (χ1) is 6.04. The highest BCUT2D eigenvalue weighted by molar-refractivity contribution is 7.99. The number of carboxylic acid groups (broad SMARTS) is 2. The molecule has 0 rings (SSSR count). The summed E-state index contributed by atoms with van der Waals surface area (Å²) in [4.78, 5) is 20.2. The van der Waals surface area contributed by atoms with E-state index in [1.807, 2.05) is 0 Å². The lowest BCUT2D eigenvalue weighted by molar-refractivity contribution is -0.137. The van der Waals surface area contributed by atoms with E-state index < -0.39 is 18.1 Å². The maximum atomic E-state index is 10.2. The number of nitrogens with two attached hydrogens (primary N) is 1. The Bertz CT molecular complexity index is 187. The van der Waals surface area contributed by atoms with Gasteiger partial charge in [0.2, 0.25) is 0 Å². The summed E-state index contributed by atoms with van der Waals surface area (Å²) in [6, 6.07) is -0.880. The van der Waals surface area contributed by atoms with Crippen molar-refractivity contribution in [3.8, 4) is 0 Å². The van der Waals surface area contributed by atoms with Gasteiger partial charge in [0, 0.05) is 18.1 Å². The number of carboxylic acids is 1. The first kappa shape index (κ1) is 12.0. The molecule has 0 aromatic rings. The third-order valence-corrected chi connectivity index (χ3v) is 2.22.